The average Bonchev–Trinajstić information content (AvgIpc) is 2.82. The van der Waals surface area contributed by atoms with Crippen LogP contribution in [0.4, 0.5) is 13.2 Å². The van der Waals surface area contributed by atoms with Crippen molar-refractivity contribution in [3.05, 3.63) is 63.9 Å². The molecule has 1 heterocycles. The predicted molar refractivity (Wildman–Crippen MR) is 99.1 cm³/mol. The van der Waals surface area contributed by atoms with Crippen molar-refractivity contribution in [2.24, 2.45) is 10.7 Å². The number of guanidine groups is 1. The number of nitrogens with zero attached hydrogens (tertiary/aromatic N) is 2. The van der Waals surface area contributed by atoms with Crippen LogP contribution < -0.4 is 10.5 Å². The summed E-state index contributed by atoms with van der Waals surface area (Å²) in [5.41, 5.74) is 5.05. The molecule has 0 radical (unpaired) electrons. The van der Waals surface area contributed by atoms with Gasteiger partial charge in [0.25, 0.3) is 5.91 Å². The van der Waals surface area contributed by atoms with Crippen molar-refractivity contribution in [1.29, 1.82) is 0 Å². The molecule has 1 aliphatic heterocycles. The first-order valence-electron chi connectivity index (χ1n) is 7.40. The van der Waals surface area contributed by atoms with Crippen LogP contribution in [0.2, 0.25) is 0 Å². The number of likely N-dealkylation sites (N-methyl/N-ethyl adjacent to an activating group) is 1. The smallest absolute Gasteiger partial charge is 0.387 e. The van der Waals surface area contributed by atoms with Crippen LogP contribution in [0.1, 0.15) is 18.6 Å². The maximum absolute atomic E-state index is 13.6. The Kier molecular flexibility index (Phi) is 5.84. The Morgan fingerprint density at radius 3 is 2.26 bits per heavy atom. The van der Waals surface area contributed by atoms with Gasteiger partial charge in [0, 0.05) is 7.05 Å². The molecule has 2 N–H and O–H groups in total. The lowest BCUT2D eigenvalue weighted by molar-refractivity contribution is -0.129. The van der Waals surface area contributed by atoms with Gasteiger partial charge in [-0.3, -0.25) is 9.69 Å². The summed E-state index contributed by atoms with van der Waals surface area (Å²) < 4.78 is 42.8. The van der Waals surface area contributed by atoms with E-state index in [4.69, 9.17) is 5.73 Å². The summed E-state index contributed by atoms with van der Waals surface area (Å²) in [7, 11) is 1.47. The second-order valence-electron chi connectivity index (χ2n) is 5.58. The van der Waals surface area contributed by atoms with Crippen LogP contribution in [0.15, 0.2) is 51.9 Å². The maximum atomic E-state index is 13.6. The first-order chi connectivity index (χ1) is 12.3. The van der Waals surface area contributed by atoms with E-state index in [-0.39, 0.29) is 23.6 Å². The molecule has 2 aromatic carbocycles. The number of hydrogen-bond donors (Lipinski definition) is 1. The first kappa shape index (κ1) is 20.8. The third-order valence-corrected chi connectivity index (χ3v) is 4.68. The Morgan fingerprint density at radius 2 is 1.78 bits per heavy atom. The number of carbonyl (C=O) groups is 1. The van der Waals surface area contributed by atoms with Crippen LogP contribution in [0.5, 0.6) is 5.75 Å². The quantitative estimate of drug-likeness (QED) is 0.779. The molecule has 27 heavy (non-hydrogen) atoms. The van der Waals surface area contributed by atoms with Crippen LogP contribution in [0.25, 0.3) is 0 Å². The van der Waals surface area contributed by atoms with Crippen molar-refractivity contribution in [1.82, 2.24) is 4.90 Å². The van der Waals surface area contributed by atoms with Gasteiger partial charge in [0.15, 0.2) is 11.5 Å². The van der Waals surface area contributed by atoms with Crippen LogP contribution in [-0.4, -0.2) is 30.4 Å². The van der Waals surface area contributed by atoms with Crippen molar-refractivity contribution >= 4 is 27.8 Å². The highest BCUT2D eigenvalue weighted by Crippen LogP contribution is 2.40. The van der Waals surface area contributed by atoms with Crippen LogP contribution in [0.3, 0.4) is 0 Å². The molecule has 3 rings (SSSR count). The highest BCUT2D eigenvalue weighted by atomic mass is 79.9. The number of ether oxygens (including phenoxy) is 1. The summed E-state index contributed by atoms with van der Waals surface area (Å²) in [6, 6.07) is 9.57. The maximum Gasteiger partial charge on any atom is 0.387 e. The Bertz CT molecular complexity index is 890. The Labute approximate surface area is 162 Å². The van der Waals surface area contributed by atoms with E-state index in [1.54, 1.807) is 0 Å². The molecule has 0 bridgehead atoms. The van der Waals surface area contributed by atoms with Crippen LogP contribution >= 0.6 is 15.9 Å². The summed E-state index contributed by atoms with van der Waals surface area (Å²) in [5.74, 6) is -1.02. The van der Waals surface area contributed by atoms with Crippen LogP contribution in [0, 0.1) is 5.82 Å². The number of carbonyl (C=O) groups excluding carboxylic acids is 1. The highest BCUT2D eigenvalue weighted by Gasteiger charge is 2.49. The fourth-order valence-electron chi connectivity index (χ4n) is 2.78. The molecule has 144 valence electrons. The van der Waals surface area contributed by atoms with Gasteiger partial charge in [0.05, 0.1) is 4.47 Å². The van der Waals surface area contributed by atoms with Gasteiger partial charge in [-0.15, -0.1) is 0 Å². The van der Waals surface area contributed by atoms with E-state index in [1.165, 1.54) is 54.4 Å². The van der Waals surface area contributed by atoms with E-state index in [0.29, 0.717) is 11.1 Å². The van der Waals surface area contributed by atoms with Crippen molar-refractivity contribution in [3.8, 4) is 5.75 Å². The number of alkyl halides is 2. The Morgan fingerprint density at radius 1 is 1.19 bits per heavy atom. The van der Waals surface area contributed by atoms with Crippen LogP contribution in [-0.2, 0) is 10.3 Å². The van der Waals surface area contributed by atoms with Gasteiger partial charge >= 0.3 is 6.61 Å². The van der Waals surface area contributed by atoms with E-state index >= 15 is 0 Å². The van der Waals surface area contributed by atoms with E-state index < -0.39 is 23.9 Å². The molecule has 1 unspecified atom stereocenters. The monoisotopic (exact) mass is 443 g/mol. The van der Waals surface area contributed by atoms with Crippen molar-refractivity contribution in [3.63, 3.8) is 0 Å². The second kappa shape index (κ2) is 7.59. The van der Waals surface area contributed by atoms with Gasteiger partial charge in [-0.1, -0.05) is 25.6 Å². The molecule has 5 nitrogen and oxygen atoms in total. The minimum absolute atomic E-state index is 0. The number of amides is 1. The topological polar surface area (TPSA) is 67.9 Å². The fourth-order valence-corrected chi connectivity index (χ4v) is 3.16. The molecule has 1 amide bonds. The molecular weight excluding hydrogens is 427 g/mol. The standard InChI is InChI=1S/C17H13BrF3N3O2.CH4/c1-24-14(25)17(23-16(24)22,10-4-7-13(19)12(18)8-10)9-2-5-11(6-3-9)26-15(20)21;/h2-8,15H,1H3,(H2,22,23);1H4. The zero-order chi connectivity index (χ0) is 19.1. The molecule has 1 atom stereocenters. The van der Waals surface area contributed by atoms with Crippen molar-refractivity contribution in [2.75, 3.05) is 7.05 Å². The molecule has 0 fully saturated rings. The molecule has 0 aromatic heterocycles. The number of hydrogen-bond acceptors (Lipinski definition) is 4. The summed E-state index contributed by atoms with van der Waals surface area (Å²) in [6.45, 7) is -2.96. The first-order valence-corrected chi connectivity index (χ1v) is 8.19. The normalized spacial score (nSPS) is 19.1. The second-order valence-corrected chi connectivity index (χ2v) is 6.43. The lowest BCUT2D eigenvalue weighted by atomic mass is 9.83. The highest BCUT2D eigenvalue weighted by molar-refractivity contribution is 9.10. The van der Waals surface area contributed by atoms with Crippen molar-refractivity contribution in [2.45, 2.75) is 19.6 Å². The number of nitrogens with two attached hydrogens (primary N) is 1. The average molecular weight is 444 g/mol. The molecular formula is C18H17BrF3N3O2. The summed E-state index contributed by atoms with van der Waals surface area (Å²) in [4.78, 5) is 18.5. The molecule has 1 aliphatic rings. The summed E-state index contributed by atoms with van der Waals surface area (Å²) in [5, 5.41) is 0. The zero-order valence-corrected chi connectivity index (χ0v) is 15.0. The molecule has 0 saturated carbocycles. The Balaban J connectivity index is 0.00000261. The lowest BCUT2D eigenvalue weighted by Crippen LogP contribution is -2.41. The SMILES string of the molecule is C.CN1C(=O)C(c2ccc(OC(F)F)cc2)(c2ccc(F)c(Br)c2)N=C1N. The van der Waals surface area contributed by atoms with E-state index in [2.05, 4.69) is 25.7 Å². The van der Waals surface area contributed by atoms with E-state index in [0.717, 1.165) is 0 Å². The molecule has 9 heteroatoms. The summed E-state index contributed by atoms with van der Waals surface area (Å²) >= 11 is 3.10. The van der Waals surface area contributed by atoms with Gasteiger partial charge in [0.1, 0.15) is 11.6 Å². The minimum atomic E-state index is -2.96. The Hall–Kier alpha value is -2.55. The number of benzene rings is 2. The number of rotatable bonds is 4. The van der Waals surface area contributed by atoms with Gasteiger partial charge < -0.3 is 10.5 Å². The lowest BCUT2D eigenvalue weighted by Gasteiger charge is -2.26. The molecule has 2 aromatic rings. The van der Waals surface area contributed by atoms with Gasteiger partial charge in [0.2, 0.25) is 0 Å². The molecule has 0 saturated heterocycles. The van der Waals surface area contributed by atoms with E-state index in [1.807, 2.05) is 0 Å². The zero-order valence-electron chi connectivity index (χ0n) is 13.4. The van der Waals surface area contributed by atoms with Gasteiger partial charge in [-0.2, -0.15) is 8.78 Å². The largest absolute Gasteiger partial charge is 0.435 e. The third-order valence-electron chi connectivity index (χ3n) is 4.07. The van der Waals surface area contributed by atoms with Crippen molar-refractivity contribution < 1.29 is 22.7 Å². The number of aliphatic imine (C=N–C) groups is 1. The molecule has 0 spiro atoms. The minimum Gasteiger partial charge on any atom is -0.435 e. The van der Waals surface area contributed by atoms with Gasteiger partial charge in [-0.25, -0.2) is 9.38 Å². The fraction of sp³-hybridized carbons (Fsp3) is 0.222. The number of halogens is 4. The predicted octanol–water partition coefficient (Wildman–Crippen LogP) is 3.86. The third kappa shape index (κ3) is 3.51. The van der Waals surface area contributed by atoms with Gasteiger partial charge in [-0.05, 0) is 51.3 Å². The molecule has 0 aliphatic carbocycles. The van der Waals surface area contributed by atoms with E-state index in [9.17, 15) is 18.0 Å². The summed E-state index contributed by atoms with van der Waals surface area (Å²) in [6.07, 6.45) is 0.